The molecule has 0 fully saturated rings. The number of rotatable bonds is 1. The van der Waals surface area contributed by atoms with Crippen LogP contribution in [-0.2, 0) is 10.2 Å². The van der Waals surface area contributed by atoms with Crippen molar-refractivity contribution in [2.45, 2.75) is 45.6 Å². The zero-order valence-corrected chi connectivity index (χ0v) is 12.3. The van der Waals surface area contributed by atoms with Gasteiger partial charge in [-0.15, -0.1) is 0 Å². The number of ether oxygens (including phenoxy) is 1. The van der Waals surface area contributed by atoms with Crippen molar-refractivity contribution < 1.29 is 4.74 Å². The summed E-state index contributed by atoms with van der Waals surface area (Å²) in [5.41, 5.74) is 2.39. The van der Waals surface area contributed by atoms with Crippen molar-refractivity contribution >= 4 is 27.5 Å². The molecule has 92 valence electrons. The molecule has 1 aliphatic heterocycles. The van der Waals surface area contributed by atoms with Crippen LogP contribution in [0.2, 0.25) is 0 Å². The number of nitrogens with zero attached hydrogens (tertiary/aromatic N) is 1. The van der Waals surface area contributed by atoms with Crippen molar-refractivity contribution in [3.63, 3.8) is 0 Å². The molecule has 0 spiro atoms. The molecule has 0 saturated heterocycles. The van der Waals surface area contributed by atoms with E-state index in [2.05, 4.69) is 53.0 Å². The van der Waals surface area contributed by atoms with E-state index in [9.17, 15) is 0 Å². The lowest BCUT2D eigenvalue weighted by Crippen LogP contribution is -2.28. The van der Waals surface area contributed by atoms with Gasteiger partial charge in [0.2, 0.25) is 0 Å². The van der Waals surface area contributed by atoms with Crippen LogP contribution in [0.25, 0.3) is 0 Å². The number of benzene rings is 1. The molecular weight excluding hydrogens is 278 g/mol. The number of aliphatic imine (C=N–C) groups is 1. The van der Waals surface area contributed by atoms with Crippen molar-refractivity contribution in [3.8, 4) is 0 Å². The SMILES string of the molecule is CC(C)OC1=Nc2cc(Br)ccc2C(C)(C)C1. The van der Waals surface area contributed by atoms with Gasteiger partial charge in [0.25, 0.3) is 0 Å². The first kappa shape index (κ1) is 12.6. The molecule has 0 aromatic heterocycles. The smallest absolute Gasteiger partial charge is 0.189 e. The second kappa shape index (κ2) is 4.45. The standard InChI is InChI=1S/C14H18BrNO/c1-9(2)17-13-8-14(3,4)11-6-5-10(15)7-12(11)16-13/h5-7,9H,8H2,1-4H3. The predicted molar refractivity (Wildman–Crippen MR) is 75.1 cm³/mol. The van der Waals surface area contributed by atoms with Crippen LogP contribution in [0.4, 0.5) is 5.69 Å². The van der Waals surface area contributed by atoms with Gasteiger partial charge in [-0.25, -0.2) is 4.99 Å². The number of halogens is 1. The Kier molecular flexibility index (Phi) is 3.30. The Morgan fingerprint density at radius 1 is 1.35 bits per heavy atom. The van der Waals surface area contributed by atoms with Crippen LogP contribution < -0.4 is 0 Å². The Bertz CT molecular complexity index is 463. The first-order valence-electron chi connectivity index (χ1n) is 5.93. The van der Waals surface area contributed by atoms with Crippen molar-refractivity contribution in [2.75, 3.05) is 0 Å². The molecule has 17 heavy (non-hydrogen) atoms. The second-order valence-corrected chi connectivity index (χ2v) is 6.31. The Hall–Kier alpha value is -0.830. The molecule has 2 rings (SSSR count). The van der Waals surface area contributed by atoms with Crippen LogP contribution >= 0.6 is 15.9 Å². The van der Waals surface area contributed by atoms with Crippen molar-refractivity contribution in [3.05, 3.63) is 28.2 Å². The Morgan fingerprint density at radius 2 is 2.06 bits per heavy atom. The first-order valence-corrected chi connectivity index (χ1v) is 6.72. The molecular formula is C14H18BrNO. The van der Waals surface area contributed by atoms with Gasteiger partial charge in [-0.1, -0.05) is 35.8 Å². The molecule has 0 aliphatic carbocycles. The van der Waals surface area contributed by atoms with Gasteiger partial charge in [-0.3, -0.25) is 0 Å². The van der Waals surface area contributed by atoms with Gasteiger partial charge in [-0.2, -0.15) is 0 Å². The molecule has 0 amide bonds. The van der Waals surface area contributed by atoms with E-state index in [4.69, 9.17) is 4.74 Å². The van der Waals surface area contributed by atoms with Gasteiger partial charge in [-0.05, 0) is 31.5 Å². The third-order valence-corrected chi connectivity index (χ3v) is 3.39. The van der Waals surface area contributed by atoms with Crippen molar-refractivity contribution in [2.24, 2.45) is 4.99 Å². The third kappa shape index (κ3) is 2.71. The topological polar surface area (TPSA) is 21.6 Å². The molecule has 1 heterocycles. The highest BCUT2D eigenvalue weighted by Crippen LogP contribution is 2.40. The summed E-state index contributed by atoms with van der Waals surface area (Å²) in [6.45, 7) is 8.54. The minimum absolute atomic E-state index is 0.0853. The van der Waals surface area contributed by atoms with Crippen LogP contribution in [0.1, 0.15) is 39.7 Å². The average molecular weight is 296 g/mol. The zero-order valence-electron chi connectivity index (χ0n) is 10.7. The summed E-state index contributed by atoms with van der Waals surface area (Å²) >= 11 is 3.49. The first-order chi connectivity index (χ1) is 7.88. The van der Waals surface area contributed by atoms with E-state index in [0.29, 0.717) is 0 Å². The summed E-state index contributed by atoms with van der Waals surface area (Å²) in [6, 6.07) is 6.28. The van der Waals surface area contributed by atoms with Crippen LogP contribution in [0.5, 0.6) is 0 Å². The second-order valence-electron chi connectivity index (χ2n) is 5.39. The van der Waals surface area contributed by atoms with Gasteiger partial charge in [0.15, 0.2) is 5.90 Å². The molecule has 1 aliphatic rings. The van der Waals surface area contributed by atoms with Crippen molar-refractivity contribution in [1.82, 2.24) is 0 Å². The van der Waals surface area contributed by atoms with Crippen LogP contribution in [0.15, 0.2) is 27.7 Å². The average Bonchev–Trinajstić information content (AvgIpc) is 2.13. The van der Waals surface area contributed by atoms with E-state index in [1.165, 1.54) is 5.56 Å². The van der Waals surface area contributed by atoms with Crippen LogP contribution in [0.3, 0.4) is 0 Å². The third-order valence-electron chi connectivity index (χ3n) is 2.90. The maximum absolute atomic E-state index is 5.76. The molecule has 1 aromatic rings. The van der Waals surface area contributed by atoms with E-state index >= 15 is 0 Å². The summed E-state index contributed by atoms with van der Waals surface area (Å²) in [5, 5.41) is 0. The van der Waals surface area contributed by atoms with E-state index in [1.54, 1.807) is 0 Å². The molecule has 0 N–H and O–H groups in total. The molecule has 0 saturated carbocycles. The largest absolute Gasteiger partial charge is 0.478 e. The van der Waals surface area contributed by atoms with Crippen LogP contribution in [0, 0.1) is 0 Å². The quantitative estimate of drug-likeness (QED) is 0.743. The van der Waals surface area contributed by atoms with Gasteiger partial charge < -0.3 is 4.74 Å². The summed E-state index contributed by atoms with van der Waals surface area (Å²) < 4.78 is 6.82. The lowest BCUT2D eigenvalue weighted by atomic mass is 9.79. The maximum Gasteiger partial charge on any atom is 0.189 e. The highest BCUT2D eigenvalue weighted by Gasteiger charge is 2.30. The summed E-state index contributed by atoms with van der Waals surface area (Å²) in [6.07, 6.45) is 1.04. The summed E-state index contributed by atoms with van der Waals surface area (Å²) in [7, 11) is 0. The van der Waals surface area contributed by atoms with E-state index in [1.807, 2.05) is 13.8 Å². The molecule has 0 bridgehead atoms. The number of hydrogen-bond donors (Lipinski definition) is 0. The van der Waals surface area contributed by atoms with Gasteiger partial charge in [0.05, 0.1) is 11.8 Å². The van der Waals surface area contributed by atoms with Gasteiger partial charge in [0, 0.05) is 16.3 Å². The molecule has 0 unspecified atom stereocenters. The van der Waals surface area contributed by atoms with Crippen molar-refractivity contribution in [1.29, 1.82) is 0 Å². The minimum Gasteiger partial charge on any atom is -0.478 e. The maximum atomic E-state index is 5.76. The number of fused-ring (bicyclic) bond motifs is 1. The lowest BCUT2D eigenvalue weighted by molar-refractivity contribution is 0.214. The fourth-order valence-electron chi connectivity index (χ4n) is 2.16. The zero-order chi connectivity index (χ0) is 12.6. The highest BCUT2D eigenvalue weighted by molar-refractivity contribution is 9.10. The van der Waals surface area contributed by atoms with E-state index in [0.717, 1.165) is 22.5 Å². The normalized spacial score (nSPS) is 17.6. The predicted octanol–water partition coefficient (Wildman–Crippen LogP) is 4.59. The van der Waals surface area contributed by atoms with E-state index < -0.39 is 0 Å². The van der Waals surface area contributed by atoms with Crippen LogP contribution in [-0.4, -0.2) is 12.0 Å². The van der Waals surface area contributed by atoms with Gasteiger partial charge in [0.1, 0.15) is 0 Å². The monoisotopic (exact) mass is 295 g/mol. The molecule has 1 aromatic carbocycles. The fraction of sp³-hybridized carbons (Fsp3) is 0.500. The molecule has 0 radical (unpaired) electrons. The molecule has 2 nitrogen and oxygen atoms in total. The Morgan fingerprint density at radius 3 is 2.71 bits per heavy atom. The Labute approximate surface area is 111 Å². The minimum atomic E-state index is 0.0853. The summed E-state index contributed by atoms with van der Waals surface area (Å²) in [4.78, 5) is 4.61. The summed E-state index contributed by atoms with van der Waals surface area (Å²) in [5.74, 6) is 0.843. The molecule has 3 heteroatoms. The highest BCUT2D eigenvalue weighted by atomic mass is 79.9. The van der Waals surface area contributed by atoms with Gasteiger partial charge >= 0.3 is 0 Å². The fourth-order valence-corrected chi connectivity index (χ4v) is 2.51. The molecule has 0 atom stereocenters. The lowest BCUT2D eigenvalue weighted by Gasteiger charge is -2.31. The number of hydrogen-bond acceptors (Lipinski definition) is 2. The Balaban J connectivity index is 2.44. The van der Waals surface area contributed by atoms with E-state index in [-0.39, 0.29) is 11.5 Å².